The number of ether oxygens (including phenoxy) is 2. The van der Waals surface area contributed by atoms with Gasteiger partial charge in [-0.25, -0.2) is 0 Å². The lowest BCUT2D eigenvalue weighted by atomic mass is 10.2. The fourth-order valence-electron chi connectivity index (χ4n) is 2.93. The monoisotopic (exact) mass is 360 g/mol. The molecule has 132 valence electrons. The average molecular weight is 360 g/mol. The first-order valence-corrected chi connectivity index (χ1v) is 8.88. The summed E-state index contributed by atoms with van der Waals surface area (Å²) in [5.74, 6) is 0.897. The molecule has 0 unspecified atom stereocenters. The minimum Gasteiger partial charge on any atom is -0.497 e. The first kappa shape index (κ1) is 17.3. The van der Waals surface area contributed by atoms with Crippen molar-refractivity contribution in [1.29, 1.82) is 0 Å². The van der Waals surface area contributed by atoms with Gasteiger partial charge in [0, 0.05) is 30.4 Å². The van der Waals surface area contributed by atoms with Gasteiger partial charge in [-0.2, -0.15) is 0 Å². The van der Waals surface area contributed by atoms with Crippen LogP contribution < -0.4 is 14.8 Å². The number of anilines is 1. The lowest BCUT2D eigenvalue weighted by Crippen LogP contribution is -2.42. The van der Waals surface area contributed by atoms with Crippen LogP contribution in [0.5, 0.6) is 11.5 Å². The van der Waals surface area contributed by atoms with E-state index in [0.29, 0.717) is 35.0 Å². The number of hydrogen-bond donors (Lipinski definition) is 1. The number of nitrogens with zero attached hydrogens (tertiary/aromatic N) is 1. The molecule has 0 spiro atoms. The SMILES string of the molecule is COc1cc(NC(=O)[C@H]2CCCN2C(=O)c2cccs2)cc(OC)c1. The molecule has 0 aliphatic carbocycles. The minimum atomic E-state index is -0.466. The van der Waals surface area contributed by atoms with Crippen molar-refractivity contribution < 1.29 is 19.1 Å². The molecule has 3 rings (SSSR count). The third-order valence-electron chi connectivity index (χ3n) is 4.17. The molecule has 1 aromatic carbocycles. The van der Waals surface area contributed by atoms with Crippen LogP contribution >= 0.6 is 11.3 Å². The Morgan fingerprint density at radius 1 is 1.20 bits per heavy atom. The Morgan fingerprint density at radius 3 is 2.52 bits per heavy atom. The van der Waals surface area contributed by atoms with Crippen LogP contribution in [-0.2, 0) is 4.79 Å². The Balaban J connectivity index is 1.75. The molecule has 2 heterocycles. The third kappa shape index (κ3) is 3.76. The normalized spacial score (nSPS) is 16.6. The van der Waals surface area contributed by atoms with Gasteiger partial charge in [0.05, 0.1) is 19.1 Å². The van der Waals surface area contributed by atoms with Gasteiger partial charge in [0.2, 0.25) is 5.91 Å². The van der Waals surface area contributed by atoms with Gasteiger partial charge in [0.1, 0.15) is 17.5 Å². The van der Waals surface area contributed by atoms with Gasteiger partial charge in [0.15, 0.2) is 0 Å². The van der Waals surface area contributed by atoms with Crippen LogP contribution in [0.2, 0.25) is 0 Å². The molecule has 0 bridgehead atoms. The van der Waals surface area contributed by atoms with Gasteiger partial charge >= 0.3 is 0 Å². The number of carbonyl (C=O) groups is 2. The Labute approximate surface area is 150 Å². The zero-order chi connectivity index (χ0) is 17.8. The summed E-state index contributed by atoms with van der Waals surface area (Å²) in [5, 5.41) is 4.74. The summed E-state index contributed by atoms with van der Waals surface area (Å²) in [6.45, 7) is 0.594. The molecule has 1 aliphatic rings. The van der Waals surface area contributed by atoms with E-state index in [0.717, 1.165) is 6.42 Å². The Morgan fingerprint density at radius 2 is 1.92 bits per heavy atom. The molecule has 0 saturated carbocycles. The van der Waals surface area contributed by atoms with E-state index in [1.165, 1.54) is 11.3 Å². The predicted octanol–water partition coefficient (Wildman–Crippen LogP) is 3.01. The van der Waals surface area contributed by atoms with E-state index in [-0.39, 0.29) is 11.8 Å². The van der Waals surface area contributed by atoms with Gasteiger partial charge in [-0.3, -0.25) is 9.59 Å². The summed E-state index contributed by atoms with van der Waals surface area (Å²) in [7, 11) is 3.11. The molecule has 1 saturated heterocycles. The number of amides is 2. The number of rotatable bonds is 5. The van der Waals surface area contributed by atoms with Crippen molar-refractivity contribution in [2.24, 2.45) is 0 Å². The number of benzene rings is 1. The molecule has 1 atom stereocenters. The summed E-state index contributed by atoms with van der Waals surface area (Å²) in [4.78, 5) is 27.6. The predicted molar refractivity (Wildman–Crippen MR) is 96.6 cm³/mol. The zero-order valence-corrected chi connectivity index (χ0v) is 15.0. The lowest BCUT2D eigenvalue weighted by Gasteiger charge is -2.23. The first-order chi connectivity index (χ1) is 12.1. The Bertz CT molecular complexity index is 738. The smallest absolute Gasteiger partial charge is 0.264 e. The average Bonchev–Trinajstić information content (AvgIpc) is 3.32. The number of hydrogen-bond acceptors (Lipinski definition) is 5. The van der Waals surface area contributed by atoms with E-state index in [2.05, 4.69) is 5.32 Å². The standard InChI is InChI=1S/C18H20N2O4S/c1-23-13-9-12(10-14(11-13)24-2)19-17(21)15-5-3-7-20(15)18(22)16-6-4-8-25-16/h4,6,8-11,15H,3,5,7H2,1-2H3,(H,19,21)/t15-/m1/s1. The van der Waals surface area contributed by atoms with E-state index in [4.69, 9.17) is 9.47 Å². The van der Waals surface area contributed by atoms with Crippen molar-refractivity contribution in [3.05, 3.63) is 40.6 Å². The summed E-state index contributed by atoms with van der Waals surface area (Å²) >= 11 is 1.39. The largest absolute Gasteiger partial charge is 0.497 e. The van der Waals surface area contributed by atoms with E-state index in [9.17, 15) is 9.59 Å². The highest BCUT2D eigenvalue weighted by atomic mass is 32.1. The van der Waals surface area contributed by atoms with Crippen molar-refractivity contribution in [2.45, 2.75) is 18.9 Å². The van der Waals surface area contributed by atoms with Crippen LogP contribution in [0.1, 0.15) is 22.5 Å². The van der Waals surface area contributed by atoms with E-state index in [1.54, 1.807) is 43.4 Å². The molecule has 1 fully saturated rings. The lowest BCUT2D eigenvalue weighted by molar-refractivity contribution is -0.119. The van der Waals surface area contributed by atoms with E-state index in [1.807, 2.05) is 11.4 Å². The highest BCUT2D eigenvalue weighted by Crippen LogP contribution is 2.27. The van der Waals surface area contributed by atoms with Crippen LogP contribution in [0.4, 0.5) is 5.69 Å². The minimum absolute atomic E-state index is 0.0872. The molecular weight excluding hydrogens is 340 g/mol. The van der Waals surface area contributed by atoms with Gasteiger partial charge < -0.3 is 19.7 Å². The number of nitrogens with one attached hydrogen (secondary N) is 1. The highest BCUT2D eigenvalue weighted by Gasteiger charge is 2.35. The molecule has 0 radical (unpaired) electrons. The van der Waals surface area contributed by atoms with E-state index < -0.39 is 6.04 Å². The molecule has 1 aliphatic heterocycles. The second-order valence-corrected chi connectivity index (χ2v) is 6.67. The number of carbonyl (C=O) groups excluding carboxylic acids is 2. The molecule has 1 N–H and O–H groups in total. The number of methoxy groups -OCH3 is 2. The molecule has 2 amide bonds. The Kier molecular flexibility index (Phi) is 5.23. The van der Waals surface area contributed by atoms with Crippen LogP contribution in [-0.4, -0.2) is 43.5 Å². The Hall–Kier alpha value is -2.54. The molecule has 6 nitrogen and oxygen atoms in total. The number of likely N-dealkylation sites (tertiary alicyclic amines) is 1. The maximum absolute atomic E-state index is 12.7. The van der Waals surface area contributed by atoms with Crippen LogP contribution in [0, 0.1) is 0 Å². The maximum Gasteiger partial charge on any atom is 0.264 e. The van der Waals surface area contributed by atoms with Crippen molar-refractivity contribution >= 4 is 28.8 Å². The van der Waals surface area contributed by atoms with Crippen LogP contribution in [0.3, 0.4) is 0 Å². The van der Waals surface area contributed by atoms with Crippen molar-refractivity contribution in [3.63, 3.8) is 0 Å². The second kappa shape index (κ2) is 7.57. The number of thiophene rings is 1. The molecule has 25 heavy (non-hydrogen) atoms. The first-order valence-electron chi connectivity index (χ1n) is 8.01. The van der Waals surface area contributed by atoms with Gasteiger partial charge in [-0.15, -0.1) is 11.3 Å². The van der Waals surface area contributed by atoms with Crippen LogP contribution in [0.15, 0.2) is 35.7 Å². The second-order valence-electron chi connectivity index (χ2n) is 5.72. The quantitative estimate of drug-likeness (QED) is 0.890. The van der Waals surface area contributed by atoms with Gasteiger partial charge in [-0.1, -0.05) is 6.07 Å². The molecule has 1 aromatic heterocycles. The fraction of sp³-hybridized carbons (Fsp3) is 0.333. The van der Waals surface area contributed by atoms with Crippen molar-refractivity contribution in [2.75, 3.05) is 26.1 Å². The topological polar surface area (TPSA) is 67.9 Å². The zero-order valence-electron chi connectivity index (χ0n) is 14.2. The molecule has 7 heteroatoms. The third-order valence-corrected chi connectivity index (χ3v) is 5.03. The maximum atomic E-state index is 12.7. The van der Waals surface area contributed by atoms with Crippen LogP contribution in [0.25, 0.3) is 0 Å². The summed E-state index contributed by atoms with van der Waals surface area (Å²) < 4.78 is 10.4. The van der Waals surface area contributed by atoms with Crippen molar-refractivity contribution in [3.8, 4) is 11.5 Å². The summed E-state index contributed by atoms with van der Waals surface area (Å²) in [6, 6.07) is 8.34. The summed E-state index contributed by atoms with van der Waals surface area (Å²) in [6.07, 6.45) is 1.47. The molecular formula is C18H20N2O4S. The highest BCUT2D eigenvalue weighted by molar-refractivity contribution is 7.12. The van der Waals surface area contributed by atoms with Gasteiger partial charge in [0.25, 0.3) is 5.91 Å². The van der Waals surface area contributed by atoms with Gasteiger partial charge in [-0.05, 0) is 24.3 Å². The van der Waals surface area contributed by atoms with Crippen molar-refractivity contribution in [1.82, 2.24) is 4.90 Å². The summed E-state index contributed by atoms with van der Waals surface area (Å²) in [5.41, 5.74) is 0.580. The van der Waals surface area contributed by atoms with E-state index >= 15 is 0 Å². The fourth-order valence-corrected chi connectivity index (χ4v) is 3.61. The molecule has 2 aromatic rings.